The van der Waals surface area contributed by atoms with Crippen LogP contribution in [0.3, 0.4) is 0 Å². The van der Waals surface area contributed by atoms with Crippen LogP contribution in [-0.2, 0) is 19.5 Å². The van der Waals surface area contributed by atoms with Gasteiger partial charge in [-0.2, -0.15) is 5.10 Å². The molecule has 1 aliphatic heterocycles. The van der Waals surface area contributed by atoms with Crippen molar-refractivity contribution in [1.29, 1.82) is 0 Å². The fraction of sp³-hybridized carbons (Fsp3) is 0.412. The summed E-state index contributed by atoms with van der Waals surface area (Å²) in [6.07, 6.45) is 8.23. The van der Waals surface area contributed by atoms with Crippen molar-refractivity contribution in [1.82, 2.24) is 24.6 Å². The fourth-order valence-electron chi connectivity index (χ4n) is 3.49. The summed E-state index contributed by atoms with van der Waals surface area (Å²) < 4.78 is 2.30. The lowest BCUT2D eigenvalue weighted by Crippen LogP contribution is -2.31. The van der Waals surface area contributed by atoms with Crippen molar-refractivity contribution in [3.8, 4) is 0 Å². The van der Waals surface area contributed by atoms with Crippen LogP contribution in [0.25, 0.3) is 10.9 Å². The minimum Gasteiger partial charge on any atom is -0.335 e. The second-order valence-corrected chi connectivity index (χ2v) is 6.39. The Morgan fingerprint density at radius 3 is 3.32 bits per heavy atom. The van der Waals surface area contributed by atoms with Crippen molar-refractivity contribution in [3.05, 3.63) is 48.2 Å². The Balaban J connectivity index is 1.39. The summed E-state index contributed by atoms with van der Waals surface area (Å²) in [5.74, 6) is 1.95. The highest BCUT2D eigenvalue weighted by Gasteiger charge is 2.20. The number of hydrogen-bond donors (Lipinski definition) is 1. The van der Waals surface area contributed by atoms with Crippen LogP contribution in [0, 0.1) is 5.92 Å². The molecule has 5 heteroatoms. The molecule has 22 heavy (non-hydrogen) atoms. The van der Waals surface area contributed by atoms with E-state index in [1.54, 1.807) is 0 Å². The molecule has 114 valence electrons. The normalized spacial score (nSPS) is 18.0. The highest BCUT2D eigenvalue weighted by atomic mass is 15.1. The van der Waals surface area contributed by atoms with E-state index >= 15 is 0 Å². The molecule has 0 saturated heterocycles. The van der Waals surface area contributed by atoms with Gasteiger partial charge in [0.2, 0.25) is 0 Å². The molecule has 1 atom stereocenters. The van der Waals surface area contributed by atoms with Gasteiger partial charge in [0.15, 0.2) is 0 Å². The van der Waals surface area contributed by atoms with E-state index in [2.05, 4.69) is 56.1 Å². The minimum atomic E-state index is 0.711. The molecule has 2 aromatic heterocycles. The second kappa shape index (κ2) is 5.57. The molecule has 1 N–H and O–H groups in total. The maximum absolute atomic E-state index is 4.40. The van der Waals surface area contributed by atoms with Crippen LogP contribution in [0.5, 0.6) is 0 Å². The van der Waals surface area contributed by atoms with Gasteiger partial charge in [-0.25, -0.2) is 4.98 Å². The molecule has 0 unspecified atom stereocenters. The number of rotatable bonds is 4. The van der Waals surface area contributed by atoms with E-state index in [0.717, 1.165) is 31.6 Å². The summed E-state index contributed by atoms with van der Waals surface area (Å²) in [5.41, 5.74) is 2.45. The van der Waals surface area contributed by atoms with Crippen LogP contribution in [-0.4, -0.2) is 38.2 Å². The first-order chi connectivity index (χ1) is 10.8. The molecule has 4 rings (SSSR count). The van der Waals surface area contributed by atoms with Gasteiger partial charge in [0, 0.05) is 43.8 Å². The molecule has 0 bridgehead atoms. The molecule has 0 radical (unpaired) electrons. The summed E-state index contributed by atoms with van der Waals surface area (Å²) in [5, 5.41) is 8.30. The number of imidazole rings is 1. The molecule has 0 spiro atoms. The number of fused-ring (bicyclic) bond motifs is 2. The average molecular weight is 295 g/mol. The zero-order chi connectivity index (χ0) is 14.9. The van der Waals surface area contributed by atoms with Gasteiger partial charge < -0.3 is 9.47 Å². The van der Waals surface area contributed by atoms with Gasteiger partial charge in [-0.15, -0.1) is 0 Å². The van der Waals surface area contributed by atoms with Gasteiger partial charge in [0.1, 0.15) is 5.82 Å². The number of hydrogen-bond acceptors (Lipinski definition) is 3. The van der Waals surface area contributed by atoms with Crippen molar-refractivity contribution in [2.45, 2.75) is 25.9 Å². The lowest BCUT2D eigenvalue weighted by molar-refractivity contribution is 0.229. The SMILES string of the molecule is CN(Cc1ccc2cn[nH]c2c1)C[C@@H]1CCc2nccn2C1. The number of aromatic amines is 1. The summed E-state index contributed by atoms with van der Waals surface area (Å²) >= 11 is 0. The summed E-state index contributed by atoms with van der Waals surface area (Å²) in [6.45, 7) is 3.19. The van der Waals surface area contributed by atoms with E-state index in [9.17, 15) is 0 Å². The maximum atomic E-state index is 4.40. The monoisotopic (exact) mass is 295 g/mol. The zero-order valence-corrected chi connectivity index (χ0v) is 12.9. The van der Waals surface area contributed by atoms with E-state index in [4.69, 9.17) is 0 Å². The highest BCUT2D eigenvalue weighted by Crippen LogP contribution is 2.20. The molecular weight excluding hydrogens is 274 g/mol. The third-order valence-electron chi connectivity index (χ3n) is 4.56. The number of nitrogens with one attached hydrogen (secondary N) is 1. The second-order valence-electron chi connectivity index (χ2n) is 6.39. The van der Waals surface area contributed by atoms with Crippen molar-refractivity contribution in [2.75, 3.05) is 13.6 Å². The molecular formula is C17H21N5. The number of nitrogens with zero attached hydrogens (tertiary/aromatic N) is 4. The first kappa shape index (κ1) is 13.5. The van der Waals surface area contributed by atoms with E-state index in [1.165, 1.54) is 23.2 Å². The Labute approximate surface area is 130 Å². The average Bonchev–Trinajstić information content (AvgIpc) is 3.14. The third kappa shape index (κ3) is 2.64. The van der Waals surface area contributed by atoms with Crippen molar-refractivity contribution < 1.29 is 0 Å². The molecule has 1 aliphatic rings. The smallest absolute Gasteiger partial charge is 0.108 e. The zero-order valence-electron chi connectivity index (χ0n) is 12.9. The Kier molecular flexibility index (Phi) is 3.42. The number of H-pyrrole nitrogens is 1. The van der Waals surface area contributed by atoms with Crippen LogP contribution in [0.4, 0.5) is 0 Å². The van der Waals surface area contributed by atoms with Crippen molar-refractivity contribution >= 4 is 10.9 Å². The first-order valence-electron chi connectivity index (χ1n) is 7.88. The largest absolute Gasteiger partial charge is 0.335 e. The Morgan fingerprint density at radius 2 is 2.36 bits per heavy atom. The molecule has 5 nitrogen and oxygen atoms in total. The molecule has 3 heterocycles. The van der Waals surface area contributed by atoms with E-state index in [1.807, 2.05) is 12.4 Å². The van der Waals surface area contributed by atoms with Crippen LogP contribution in [0.1, 0.15) is 17.8 Å². The molecule has 0 amide bonds. The lowest BCUT2D eigenvalue weighted by atomic mass is 9.98. The van der Waals surface area contributed by atoms with Crippen LogP contribution in [0.15, 0.2) is 36.8 Å². The standard InChI is InChI=1S/C17H21N5/c1-21(10-13-2-4-15-9-19-20-16(15)8-13)11-14-3-5-17-18-6-7-22(17)12-14/h2,4,6-9,14H,3,5,10-12H2,1H3,(H,19,20)/t14-/m0/s1. The molecule has 3 aromatic rings. The minimum absolute atomic E-state index is 0.711. The van der Waals surface area contributed by atoms with Crippen LogP contribution >= 0.6 is 0 Å². The topological polar surface area (TPSA) is 49.7 Å². The first-order valence-corrected chi connectivity index (χ1v) is 7.88. The van der Waals surface area contributed by atoms with Crippen LogP contribution in [0.2, 0.25) is 0 Å². The fourth-order valence-corrected chi connectivity index (χ4v) is 3.49. The van der Waals surface area contributed by atoms with Gasteiger partial charge in [0.25, 0.3) is 0 Å². The van der Waals surface area contributed by atoms with Crippen LogP contribution < -0.4 is 0 Å². The van der Waals surface area contributed by atoms with Gasteiger partial charge in [0.05, 0.1) is 11.7 Å². The molecule has 0 aliphatic carbocycles. The number of aryl methyl sites for hydroxylation is 1. The highest BCUT2D eigenvalue weighted by molar-refractivity contribution is 5.78. The number of benzene rings is 1. The van der Waals surface area contributed by atoms with E-state index < -0.39 is 0 Å². The summed E-state index contributed by atoms with van der Waals surface area (Å²) in [4.78, 5) is 6.82. The van der Waals surface area contributed by atoms with Gasteiger partial charge in [-0.3, -0.25) is 5.10 Å². The maximum Gasteiger partial charge on any atom is 0.108 e. The Hall–Kier alpha value is -2.14. The van der Waals surface area contributed by atoms with Gasteiger partial charge in [-0.05, 0) is 31.0 Å². The summed E-state index contributed by atoms with van der Waals surface area (Å²) in [7, 11) is 2.21. The van der Waals surface area contributed by atoms with E-state index in [-0.39, 0.29) is 0 Å². The predicted molar refractivity (Wildman–Crippen MR) is 86.5 cm³/mol. The van der Waals surface area contributed by atoms with Crippen molar-refractivity contribution in [2.24, 2.45) is 5.92 Å². The Bertz CT molecular complexity index is 772. The van der Waals surface area contributed by atoms with E-state index in [0.29, 0.717) is 5.92 Å². The lowest BCUT2D eigenvalue weighted by Gasteiger charge is -2.28. The van der Waals surface area contributed by atoms with Gasteiger partial charge in [-0.1, -0.05) is 12.1 Å². The number of aromatic nitrogens is 4. The Morgan fingerprint density at radius 1 is 1.41 bits per heavy atom. The van der Waals surface area contributed by atoms with Crippen molar-refractivity contribution in [3.63, 3.8) is 0 Å². The third-order valence-corrected chi connectivity index (χ3v) is 4.56. The quantitative estimate of drug-likeness (QED) is 0.804. The summed E-state index contributed by atoms with van der Waals surface area (Å²) in [6, 6.07) is 6.54. The molecule has 0 saturated carbocycles. The molecule has 1 aromatic carbocycles. The van der Waals surface area contributed by atoms with Gasteiger partial charge >= 0.3 is 0 Å². The predicted octanol–water partition coefficient (Wildman–Crippen LogP) is 2.45. The molecule has 0 fully saturated rings.